The molecule has 0 aromatic heterocycles. The second-order valence-electron chi connectivity index (χ2n) is 10.4. The number of nitrogens with zero attached hydrogens (tertiary/aromatic N) is 1. The third-order valence-corrected chi connectivity index (χ3v) is 7.75. The van der Waals surface area contributed by atoms with Gasteiger partial charge in [0.05, 0.1) is 17.2 Å². The molecule has 3 atom stereocenters. The van der Waals surface area contributed by atoms with Crippen molar-refractivity contribution in [2.45, 2.75) is 25.6 Å². The Balaban J connectivity index is 1.24. The highest BCUT2D eigenvalue weighted by Gasteiger charge is 2.54. The predicted molar refractivity (Wildman–Crippen MR) is 138 cm³/mol. The Labute approximate surface area is 223 Å². The molecule has 202 valence electrons. The van der Waals surface area contributed by atoms with Gasteiger partial charge in [-0.05, 0) is 66.6 Å². The molecule has 1 N–H and O–H groups in total. The van der Waals surface area contributed by atoms with E-state index in [1.54, 1.807) is 47.4 Å². The maximum absolute atomic E-state index is 13.9. The van der Waals surface area contributed by atoms with E-state index in [-0.39, 0.29) is 30.3 Å². The monoisotopic (exact) mass is 536 g/mol. The lowest BCUT2D eigenvalue weighted by Gasteiger charge is -2.29. The number of carbonyl (C=O) groups excluding carboxylic acids is 2. The number of halogens is 3. The van der Waals surface area contributed by atoms with E-state index in [0.717, 1.165) is 24.1 Å². The number of para-hydroxylation sites is 1. The molecule has 9 heteroatoms. The van der Waals surface area contributed by atoms with E-state index in [0.29, 0.717) is 59.4 Å². The first-order chi connectivity index (χ1) is 18.7. The molecule has 39 heavy (non-hydrogen) atoms. The van der Waals surface area contributed by atoms with Gasteiger partial charge in [0.15, 0.2) is 11.5 Å². The quantitative estimate of drug-likeness (QED) is 0.478. The van der Waals surface area contributed by atoms with Crippen molar-refractivity contribution in [3.63, 3.8) is 0 Å². The van der Waals surface area contributed by atoms with Gasteiger partial charge in [0.1, 0.15) is 13.2 Å². The van der Waals surface area contributed by atoms with Crippen molar-refractivity contribution in [3.8, 4) is 22.6 Å². The van der Waals surface area contributed by atoms with Gasteiger partial charge in [-0.25, -0.2) is 0 Å². The molecular formula is C30H27F3N2O4. The van der Waals surface area contributed by atoms with Crippen molar-refractivity contribution in [2.24, 2.45) is 11.8 Å². The number of benzene rings is 3. The average molecular weight is 537 g/mol. The van der Waals surface area contributed by atoms with E-state index in [1.165, 1.54) is 6.07 Å². The van der Waals surface area contributed by atoms with Crippen molar-refractivity contribution in [3.05, 3.63) is 82.9 Å². The summed E-state index contributed by atoms with van der Waals surface area (Å²) >= 11 is 0. The summed E-state index contributed by atoms with van der Waals surface area (Å²) in [5.74, 6) is 1.02. The Hall–Kier alpha value is -4.01. The fraction of sp³-hybridized carbons (Fsp3) is 0.333. The van der Waals surface area contributed by atoms with Gasteiger partial charge in [-0.2, -0.15) is 13.2 Å². The number of nitrogens with one attached hydrogen (secondary N) is 1. The van der Waals surface area contributed by atoms with E-state index in [4.69, 9.17) is 9.47 Å². The minimum atomic E-state index is -4.49. The van der Waals surface area contributed by atoms with Gasteiger partial charge in [0.2, 0.25) is 0 Å². The second kappa shape index (κ2) is 9.63. The number of piperidine rings is 1. The molecule has 3 aromatic rings. The first-order valence-electron chi connectivity index (χ1n) is 13.0. The average Bonchev–Trinajstić information content (AvgIpc) is 3.61. The number of carbonyl (C=O) groups is 2. The van der Waals surface area contributed by atoms with Crippen molar-refractivity contribution >= 4 is 11.8 Å². The SMILES string of the molecule is Cc1ccc(C(=O)N2C[C@H]3C[C@H]3[C@H]2CNC(=O)c2cccc3c2OCCO3)c(-c2cccc(C(F)(F)F)c2)c1. The van der Waals surface area contributed by atoms with Crippen LogP contribution < -0.4 is 14.8 Å². The van der Waals surface area contributed by atoms with Crippen LogP contribution in [0.1, 0.15) is 38.3 Å². The first kappa shape index (κ1) is 25.3. The zero-order chi connectivity index (χ0) is 27.3. The molecule has 1 saturated carbocycles. The number of alkyl halides is 3. The lowest BCUT2D eigenvalue weighted by atomic mass is 9.95. The third kappa shape index (κ3) is 4.82. The zero-order valence-corrected chi connectivity index (χ0v) is 21.3. The van der Waals surface area contributed by atoms with Crippen LogP contribution >= 0.6 is 0 Å². The first-order valence-corrected chi connectivity index (χ1v) is 13.0. The van der Waals surface area contributed by atoms with Crippen LogP contribution in [0.15, 0.2) is 60.7 Å². The molecule has 0 radical (unpaired) electrons. The number of aryl methyl sites for hydroxylation is 1. The summed E-state index contributed by atoms with van der Waals surface area (Å²) in [6.07, 6.45) is -3.50. The summed E-state index contributed by atoms with van der Waals surface area (Å²) in [5.41, 5.74) is 1.59. The maximum Gasteiger partial charge on any atom is 0.416 e. The Morgan fingerprint density at radius 2 is 1.79 bits per heavy atom. The Morgan fingerprint density at radius 3 is 2.62 bits per heavy atom. The molecule has 2 aliphatic heterocycles. The normalized spacial score (nSPS) is 21.3. The highest BCUT2D eigenvalue weighted by atomic mass is 19.4. The molecule has 0 bridgehead atoms. The van der Waals surface area contributed by atoms with Gasteiger partial charge in [0, 0.05) is 18.7 Å². The van der Waals surface area contributed by atoms with E-state index < -0.39 is 11.7 Å². The summed E-state index contributed by atoms with van der Waals surface area (Å²) < 4.78 is 51.5. The molecule has 3 aromatic carbocycles. The number of ether oxygens (including phenoxy) is 2. The number of rotatable bonds is 5. The van der Waals surface area contributed by atoms with Gasteiger partial charge < -0.3 is 19.7 Å². The molecule has 2 amide bonds. The smallest absolute Gasteiger partial charge is 0.416 e. The number of likely N-dealkylation sites (tertiary alicyclic amines) is 1. The van der Waals surface area contributed by atoms with Crippen LogP contribution in [0, 0.1) is 18.8 Å². The third-order valence-electron chi connectivity index (χ3n) is 7.75. The topological polar surface area (TPSA) is 67.9 Å². The standard InChI is InChI=1S/C30H27F3N2O4/c1-17-8-9-21(23(12-17)18-4-2-5-20(13-18)30(31,32)33)29(37)35-16-19-14-24(19)25(35)15-34-28(36)22-6-3-7-26-27(22)39-11-10-38-26/h2-9,12-13,19,24-25H,10-11,14-16H2,1H3,(H,34,36)/t19-,24-,25-/m1/s1. The van der Waals surface area contributed by atoms with Crippen LogP contribution in [0.4, 0.5) is 13.2 Å². The Kier molecular flexibility index (Phi) is 6.24. The van der Waals surface area contributed by atoms with Crippen LogP contribution in [0.2, 0.25) is 0 Å². The summed E-state index contributed by atoms with van der Waals surface area (Å²) in [4.78, 5) is 28.7. The summed E-state index contributed by atoms with van der Waals surface area (Å²) in [5, 5.41) is 2.97. The van der Waals surface area contributed by atoms with E-state index in [2.05, 4.69) is 5.32 Å². The molecule has 0 spiro atoms. The minimum absolute atomic E-state index is 0.209. The number of fused-ring (bicyclic) bond motifs is 2. The second-order valence-corrected chi connectivity index (χ2v) is 10.4. The predicted octanol–water partition coefficient (Wildman–Crippen LogP) is 5.34. The highest BCUT2D eigenvalue weighted by Crippen LogP contribution is 2.50. The van der Waals surface area contributed by atoms with Crippen LogP contribution in [0.5, 0.6) is 11.5 Å². The van der Waals surface area contributed by atoms with Crippen molar-refractivity contribution in [2.75, 3.05) is 26.3 Å². The molecule has 6 rings (SSSR count). The van der Waals surface area contributed by atoms with Crippen LogP contribution in [-0.4, -0.2) is 49.1 Å². The lowest BCUT2D eigenvalue weighted by Crippen LogP contribution is -2.45. The summed E-state index contributed by atoms with van der Waals surface area (Å²) in [7, 11) is 0. The van der Waals surface area contributed by atoms with E-state index in [1.807, 2.05) is 6.92 Å². The fourth-order valence-corrected chi connectivity index (χ4v) is 5.71. The van der Waals surface area contributed by atoms with E-state index in [9.17, 15) is 22.8 Å². The lowest BCUT2D eigenvalue weighted by molar-refractivity contribution is -0.137. The van der Waals surface area contributed by atoms with Crippen molar-refractivity contribution < 1.29 is 32.2 Å². The van der Waals surface area contributed by atoms with Gasteiger partial charge in [-0.15, -0.1) is 0 Å². The number of hydrogen-bond donors (Lipinski definition) is 1. The van der Waals surface area contributed by atoms with Crippen molar-refractivity contribution in [1.29, 1.82) is 0 Å². The van der Waals surface area contributed by atoms with E-state index >= 15 is 0 Å². The molecule has 2 fully saturated rings. The van der Waals surface area contributed by atoms with Crippen LogP contribution in [0.3, 0.4) is 0 Å². The molecule has 1 aliphatic carbocycles. The highest BCUT2D eigenvalue weighted by molar-refractivity contribution is 6.02. The Morgan fingerprint density at radius 1 is 1.00 bits per heavy atom. The van der Waals surface area contributed by atoms with Gasteiger partial charge in [-0.3, -0.25) is 9.59 Å². The van der Waals surface area contributed by atoms with Gasteiger partial charge in [-0.1, -0.05) is 35.9 Å². The molecule has 2 heterocycles. The molecule has 3 aliphatic rings. The van der Waals surface area contributed by atoms with Crippen LogP contribution in [-0.2, 0) is 6.18 Å². The zero-order valence-electron chi connectivity index (χ0n) is 21.3. The Bertz CT molecular complexity index is 1450. The summed E-state index contributed by atoms with van der Waals surface area (Å²) in [6.45, 7) is 3.43. The molecule has 1 saturated heterocycles. The maximum atomic E-state index is 13.9. The molecule has 6 nitrogen and oxygen atoms in total. The van der Waals surface area contributed by atoms with Gasteiger partial charge in [0.25, 0.3) is 11.8 Å². The van der Waals surface area contributed by atoms with Crippen LogP contribution in [0.25, 0.3) is 11.1 Å². The number of amides is 2. The fourth-order valence-electron chi connectivity index (χ4n) is 5.71. The number of hydrogen-bond acceptors (Lipinski definition) is 4. The van der Waals surface area contributed by atoms with Gasteiger partial charge >= 0.3 is 6.18 Å². The molecule has 0 unspecified atom stereocenters. The molecular weight excluding hydrogens is 509 g/mol. The summed E-state index contributed by atoms with van der Waals surface area (Å²) in [6, 6.07) is 15.2. The van der Waals surface area contributed by atoms with Crippen molar-refractivity contribution in [1.82, 2.24) is 10.2 Å². The minimum Gasteiger partial charge on any atom is -0.486 e. The largest absolute Gasteiger partial charge is 0.486 e.